The van der Waals surface area contributed by atoms with Gasteiger partial charge < -0.3 is 0 Å². The maximum absolute atomic E-state index is 12.9. The van der Waals surface area contributed by atoms with Crippen LogP contribution in [0.15, 0.2) is 60.9 Å². The van der Waals surface area contributed by atoms with Gasteiger partial charge in [-0.05, 0) is 48.6 Å². The summed E-state index contributed by atoms with van der Waals surface area (Å²) in [5.74, 6) is 0.107. The topological polar surface area (TPSA) is 50.3 Å². The van der Waals surface area contributed by atoms with Crippen LogP contribution >= 0.6 is 0 Å². The molecule has 4 heteroatoms. The molecule has 2 aromatic carbocycles. The van der Waals surface area contributed by atoms with E-state index in [1.165, 1.54) is 0 Å². The number of nitrogens with zero attached hydrogens (tertiary/aromatic N) is 2. The van der Waals surface area contributed by atoms with Crippen molar-refractivity contribution in [2.24, 2.45) is 5.92 Å². The summed E-state index contributed by atoms with van der Waals surface area (Å²) in [5.41, 5.74) is 1.93. The highest BCUT2D eigenvalue weighted by molar-refractivity contribution is 6.07. The summed E-state index contributed by atoms with van der Waals surface area (Å²) < 4.78 is 0. The number of fused-ring (bicyclic) bond motifs is 1. The van der Waals surface area contributed by atoms with E-state index >= 15 is 0 Å². The van der Waals surface area contributed by atoms with Crippen molar-refractivity contribution in [3.05, 3.63) is 66.5 Å². The number of hydrogen-bond donors (Lipinski definition) is 0. The van der Waals surface area contributed by atoms with Crippen LogP contribution in [0.25, 0.3) is 10.8 Å². The molecule has 0 N–H and O–H groups in total. The van der Waals surface area contributed by atoms with Gasteiger partial charge in [-0.1, -0.05) is 18.2 Å². The van der Waals surface area contributed by atoms with E-state index in [4.69, 9.17) is 0 Å². The van der Waals surface area contributed by atoms with E-state index < -0.39 is 0 Å². The standard InChI is InChI=1S/C20H16N2O2/c23-13-17-3-1-2-4-19(17)22(20(24)14-5-6-14)18-8-7-16-12-21-10-9-15(16)11-18/h1-4,7-14H,5-6H2. The predicted molar refractivity (Wildman–Crippen MR) is 93.4 cm³/mol. The molecule has 0 atom stereocenters. The number of carbonyl (C=O) groups excluding carboxylic acids is 2. The average Bonchev–Trinajstić information content (AvgIpc) is 3.47. The van der Waals surface area contributed by atoms with Crippen molar-refractivity contribution in [1.29, 1.82) is 0 Å². The first kappa shape index (κ1) is 14.6. The summed E-state index contributed by atoms with van der Waals surface area (Å²) in [4.78, 5) is 30.1. The molecule has 0 aliphatic heterocycles. The number of carbonyl (C=O) groups is 2. The summed E-state index contributed by atoms with van der Waals surface area (Å²) >= 11 is 0. The zero-order valence-electron chi connectivity index (χ0n) is 13.1. The number of amides is 1. The lowest BCUT2D eigenvalue weighted by atomic mass is 10.1. The Morgan fingerprint density at radius 3 is 2.71 bits per heavy atom. The van der Waals surface area contributed by atoms with Gasteiger partial charge in [-0.2, -0.15) is 0 Å². The molecule has 3 aromatic rings. The Balaban J connectivity index is 1.88. The van der Waals surface area contributed by atoms with Crippen molar-refractivity contribution < 1.29 is 9.59 Å². The van der Waals surface area contributed by atoms with Crippen LogP contribution in [0.2, 0.25) is 0 Å². The van der Waals surface area contributed by atoms with Crippen molar-refractivity contribution >= 4 is 34.3 Å². The van der Waals surface area contributed by atoms with Crippen molar-refractivity contribution in [2.75, 3.05) is 4.90 Å². The summed E-state index contributed by atoms with van der Waals surface area (Å²) in [5, 5.41) is 2.03. The monoisotopic (exact) mass is 316 g/mol. The van der Waals surface area contributed by atoms with E-state index in [0.29, 0.717) is 11.3 Å². The molecule has 1 saturated carbocycles. The van der Waals surface area contributed by atoms with Crippen LogP contribution in [0.5, 0.6) is 0 Å². The third kappa shape index (κ3) is 2.56. The van der Waals surface area contributed by atoms with Gasteiger partial charge >= 0.3 is 0 Å². The van der Waals surface area contributed by atoms with Gasteiger partial charge in [0.05, 0.1) is 5.69 Å². The minimum absolute atomic E-state index is 0.0534. The number of benzene rings is 2. The van der Waals surface area contributed by atoms with Crippen molar-refractivity contribution in [3.8, 4) is 0 Å². The molecule has 24 heavy (non-hydrogen) atoms. The summed E-state index contributed by atoms with van der Waals surface area (Å²) in [6, 6.07) is 15.0. The Hall–Kier alpha value is -3.01. The van der Waals surface area contributed by atoms with Crippen molar-refractivity contribution in [1.82, 2.24) is 4.98 Å². The Kier molecular flexibility index (Phi) is 3.58. The fourth-order valence-electron chi connectivity index (χ4n) is 2.90. The first-order chi connectivity index (χ1) is 11.8. The molecule has 4 nitrogen and oxygen atoms in total. The maximum atomic E-state index is 12.9. The molecular formula is C20H16N2O2. The molecule has 0 bridgehead atoms. The highest BCUT2D eigenvalue weighted by Gasteiger charge is 2.35. The molecule has 118 valence electrons. The number of aromatic nitrogens is 1. The first-order valence-electron chi connectivity index (χ1n) is 8.00. The highest BCUT2D eigenvalue weighted by atomic mass is 16.2. The molecule has 1 aliphatic carbocycles. The molecule has 1 aromatic heterocycles. The lowest BCUT2D eigenvalue weighted by molar-refractivity contribution is -0.119. The van der Waals surface area contributed by atoms with E-state index in [2.05, 4.69) is 4.98 Å². The minimum Gasteiger partial charge on any atom is -0.298 e. The van der Waals surface area contributed by atoms with Gasteiger partial charge in [-0.15, -0.1) is 0 Å². The Bertz CT molecular complexity index is 932. The number of anilines is 2. The number of para-hydroxylation sites is 1. The molecule has 0 saturated heterocycles. The largest absolute Gasteiger partial charge is 0.298 e. The fourth-order valence-corrected chi connectivity index (χ4v) is 2.90. The van der Waals surface area contributed by atoms with Crippen LogP contribution in [0.3, 0.4) is 0 Å². The van der Waals surface area contributed by atoms with E-state index in [0.717, 1.165) is 35.6 Å². The smallest absolute Gasteiger partial charge is 0.234 e. The van der Waals surface area contributed by atoms with E-state index in [9.17, 15) is 9.59 Å². The summed E-state index contributed by atoms with van der Waals surface area (Å²) in [6.07, 6.45) is 6.16. The van der Waals surface area contributed by atoms with Gasteiger partial charge in [0.15, 0.2) is 6.29 Å². The highest BCUT2D eigenvalue weighted by Crippen LogP contribution is 2.38. The molecule has 1 fully saturated rings. The molecule has 1 amide bonds. The SMILES string of the molecule is O=Cc1ccccc1N(C(=O)C1CC1)c1ccc2cnccc2c1. The van der Waals surface area contributed by atoms with Crippen LogP contribution in [0.4, 0.5) is 11.4 Å². The van der Waals surface area contributed by atoms with E-state index in [1.54, 1.807) is 29.4 Å². The predicted octanol–water partition coefficient (Wildman–Crippen LogP) is 4.12. The molecule has 4 rings (SSSR count). The molecular weight excluding hydrogens is 300 g/mol. The summed E-state index contributed by atoms with van der Waals surface area (Å²) in [6.45, 7) is 0. The maximum Gasteiger partial charge on any atom is 0.234 e. The zero-order valence-corrected chi connectivity index (χ0v) is 13.1. The molecule has 0 radical (unpaired) electrons. The van der Waals surface area contributed by atoms with Crippen LogP contribution < -0.4 is 4.90 Å². The number of rotatable bonds is 4. The fraction of sp³-hybridized carbons (Fsp3) is 0.150. The molecule has 1 heterocycles. The van der Waals surface area contributed by atoms with Gasteiger partial charge in [-0.25, -0.2) is 0 Å². The normalized spacial score (nSPS) is 13.7. The second kappa shape index (κ2) is 5.89. The van der Waals surface area contributed by atoms with Gasteiger partial charge in [0.1, 0.15) is 0 Å². The van der Waals surface area contributed by atoms with Gasteiger partial charge in [0, 0.05) is 34.9 Å². The minimum atomic E-state index is 0.0534. The van der Waals surface area contributed by atoms with Gasteiger partial charge in [0.25, 0.3) is 0 Å². The lowest BCUT2D eigenvalue weighted by Gasteiger charge is -2.24. The second-order valence-electron chi connectivity index (χ2n) is 6.03. The number of aldehydes is 1. The lowest BCUT2D eigenvalue weighted by Crippen LogP contribution is -2.28. The van der Waals surface area contributed by atoms with Crippen LogP contribution in [0, 0.1) is 5.92 Å². The van der Waals surface area contributed by atoms with Crippen LogP contribution in [0.1, 0.15) is 23.2 Å². The quantitative estimate of drug-likeness (QED) is 0.680. The van der Waals surface area contributed by atoms with Crippen molar-refractivity contribution in [2.45, 2.75) is 12.8 Å². The zero-order chi connectivity index (χ0) is 16.5. The first-order valence-corrected chi connectivity index (χ1v) is 8.00. The third-order valence-corrected chi connectivity index (χ3v) is 4.33. The molecule has 0 unspecified atom stereocenters. The average molecular weight is 316 g/mol. The Morgan fingerprint density at radius 2 is 1.92 bits per heavy atom. The Morgan fingerprint density at radius 1 is 1.08 bits per heavy atom. The molecule has 0 spiro atoms. The number of hydrogen-bond acceptors (Lipinski definition) is 3. The van der Waals surface area contributed by atoms with Crippen molar-refractivity contribution in [3.63, 3.8) is 0 Å². The third-order valence-electron chi connectivity index (χ3n) is 4.33. The van der Waals surface area contributed by atoms with Crippen LogP contribution in [-0.4, -0.2) is 17.2 Å². The van der Waals surface area contributed by atoms with E-state index in [1.807, 2.05) is 36.4 Å². The summed E-state index contributed by atoms with van der Waals surface area (Å²) in [7, 11) is 0. The number of pyridine rings is 1. The van der Waals surface area contributed by atoms with Gasteiger partial charge in [0.2, 0.25) is 5.91 Å². The Labute approximate surface area is 139 Å². The van der Waals surface area contributed by atoms with E-state index in [-0.39, 0.29) is 11.8 Å². The van der Waals surface area contributed by atoms with Crippen LogP contribution in [-0.2, 0) is 4.79 Å². The molecule has 1 aliphatic rings. The second-order valence-corrected chi connectivity index (χ2v) is 6.03. The van der Waals surface area contributed by atoms with Gasteiger partial charge in [-0.3, -0.25) is 19.5 Å².